The minimum Gasteiger partial charge on any atom is -0.453 e. The van der Waals surface area contributed by atoms with Crippen LogP contribution in [0.2, 0.25) is 0 Å². The maximum atomic E-state index is 12.0. The molecule has 0 saturated heterocycles. The Morgan fingerprint density at radius 3 is 2.59 bits per heavy atom. The fourth-order valence-electron chi connectivity index (χ4n) is 2.23. The van der Waals surface area contributed by atoms with Crippen molar-refractivity contribution in [3.05, 3.63) is 29.8 Å². The number of hydrogen-bond donors (Lipinski definition) is 1. The summed E-state index contributed by atoms with van der Waals surface area (Å²) in [4.78, 5) is 23.3. The lowest BCUT2D eigenvalue weighted by Crippen LogP contribution is -2.36. The summed E-state index contributed by atoms with van der Waals surface area (Å²) >= 11 is 0. The van der Waals surface area contributed by atoms with Gasteiger partial charge in [-0.1, -0.05) is 17.7 Å². The van der Waals surface area contributed by atoms with Gasteiger partial charge in [-0.2, -0.15) is 4.72 Å². The van der Waals surface area contributed by atoms with Crippen LogP contribution < -0.4 is 4.72 Å². The molecule has 1 atom stereocenters. The number of carbonyl (C=O) groups excluding carboxylic acids is 2. The Bertz CT molecular complexity index is 651. The zero-order valence-corrected chi connectivity index (χ0v) is 13.2. The predicted molar refractivity (Wildman–Crippen MR) is 79.7 cm³/mol. The second-order valence-electron chi connectivity index (χ2n) is 5.33. The van der Waals surface area contributed by atoms with Crippen LogP contribution in [0.25, 0.3) is 0 Å². The van der Waals surface area contributed by atoms with Gasteiger partial charge in [-0.25, -0.2) is 8.42 Å². The third kappa shape index (κ3) is 4.38. The number of ether oxygens (including phenoxy) is 1. The van der Waals surface area contributed by atoms with Crippen LogP contribution >= 0.6 is 0 Å². The van der Waals surface area contributed by atoms with Crippen molar-refractivity contribution in [2.75, 3.05) is 6.54 Å². The van der Waals surface area contributed by atoms with Crippen LogP contribution in [0, 0.1) is 6.92 Å². The number of aryl methyl sites for hydroxylation is 1. The van der Waals surface area contributed by atoms with Gasteiger partial charge < -0.3 is 4.74 Å². The van der Waals surface area contributed by atoms with Crippen LogP contribution in [0.4, 0.5) is 0 Å². The normalized spacial score (nSPS) is 19.0. The highest BCUT2D eigenvalue weighted by atomic mass is 32.2. The fourth-order valence-corrected chi connectivity index (χ4v) is 3.20. The van der Waals surface area contributed by atoms with Crippen molar-refractivity contribution < 1.29 is 22.7 Å². The molecule has 0 spiro atoms. The van der Waals surface area contributed by atoms with E-state index in [2.05, 4.69) is 4.72 Å². The first-order chi connectivity index (χ1) is 10.4. The molecule has 0 aliphatic heterocycles. The van der Waals surface area contributed by atoms with E-state index in [1.54, 1.807) is 12.1 Å². The van der Waals surface area contributed by atoms with Crippen LogP contribution in [-0.2, 0) is 24.3 Å². The van der Waals surface area contributed by atoms with Gasteiger partial charge >= 0.3 is 5.97 Å². The highest BCUT2D eigenvalue weighted by molar-refractivity contribution is 7.89. The molecule has 6 nitrogen and oxygen atoms in total. The van der Waals surface area contributed by atoms with Crippen LogP contribution in [-0.4, -0.2) is 32.8 Å². The first-order valence-electron chi connectivity index (χ1n) is 7.17. The van der Waals surface area contributed by atoms with E-state index in [0.29, 0.717) is 12.8 Å². The van der Waals surface area contributed by atoms with E-state index in [1.807, 2.05) is 6.92 Å². The lowest BCUT2D eigenvalue weighted by Gasteiger charge is -2.20. The molecule has 0 heterocycles. The standard InChI is InChI=1S/C15H19NO5S/c1-11-6-8-12(9-7-11)22(19,20)16-10-15(18)21-14-5-3-2-4-13(14)17/h6-9,14,16H,2-5,10H2,1H3. The van der Waals surface area contributed by atoms with E-state index in [1.165, 1.54) is 12.1 Å². The van der Waals surface area contributed by atoms with Crippen molar-refractivity contribution in [1.29, 1.82) is 0 Å². The SMILES string of the molecule is Cc1ccc(S(=O)(=O)NCC(=O)OC2CCCCC2=O)cc1. The Morgan fingerprint density at radius 2 is 1.95 bits per heavy atom. The van der Waals surface area contributed by atoms with Crippen molar-refractivity contribution in [3.63, 3.8) is 0 Å². The minimum atomic E-state index is -3.76. The quantitative estimate of drug-likeness (QED) is 0.825. The summed E-state index contributed by atoms with van der Waals surface area (Å²) in [7, 11) is -3.76. The average molecular weight is 325 g/mol. The van der Waals surface area contributed by atoms with E-state index >= 15 is 0 Å². The number of sulfonamides is 1. The maximum Gasteiger partial charge on any atom is 0.321 e. The van der Waals surface area contributed by atoms with E-state index in [0.717, 1.165) is 18.4 Å². The number of ketones is 1. The van der Waals surface area contributed by atoms with Crippen LogP contribution in [0.15, 0.2) is 29.2 Å². The highest BCUT2D eigenvalue weighted by Crippen LogP contribution is 2.17. The van der Waals surface area contributed by atoms with Gasteiger partial charge in [-0.15, -0.1) is 0 Å². The second-order valence-corrected chi connectivity index (χ2v) is 7.10. The van der Waals surface area contributed by atoms with Gasteiger partial charge in [-0.05, 0) is 38.3 Å². The molecule has 120 valence electrons. The maximum absolute atomic E-state index is 12.0. The average Bonchev–Trinajstić information content (AvgIpc) is 2.48. The first kappa shape index (κ1) is 16.6. The molecule has 22 heavy (non-hydrogen) atoms. The van der Waals surface area contributed by atoms with Gasteiger partial charge in [0, 0.05) is 6.42 Å². The molecule has 2 rings (SSSR count). The molecule has 0 amide bonds. The summed E-state index contributed by atoms with van der Waals surface area (Å²) < 4.78 is 31.3. The molecule has 1 saturated carbocycles. The monoisotopic (exact) mass is 325 g/mol. The lowest BCUT2D eigenvalue weighted by atomic mass is 9.96. The van der Waals surface area contributed by atoms with Gasteiger partial charge in [-0.3, -0.25) is 9.59 Å². The van der Waals surface area contributed by atoms with E-state index in [9.17, 15) is 18.0 Å². The second kappa shape index (κ2) is 7.02. The smallest absolute Gasteiger partial charge is 0.321 e. The van der Waals surface area contributed by atoms with Crippen molar-refractivity contribution in [1.82, 2.24) is 4.72 Å². The summed E-state index contributed by atoms with van der Waals surface area (Å²) in [6.45, 7) is 1.36. The van der Waals surface area contributed by atoms with Gasteiger partial charge in [0.2, 0.25) is 10.0 Å². The Labute approximate surface area is 129 Å². The number of benzene rings is 1. The summed E-state index contributed by atoms with van der Waals surface area (Å²) in [5.41, 5.74) is 0.939. The molecule has 1 fully saturated rings. The van der Waals surface area contributed by atoms with E-state index in [4.69, 9.17) is 4.74 Å². The van der Waals surface area contributed by atoms with E-state index < -0.39 is 28.6 Å². The molecular formula is C15H19NO5S. The Kier molecular flexibility index (Phi) is 5.31. The molecule has 1 aliphatic rings. The van der Waals surface area contributed by atoms with Gasteiger partial charge in [0.1, 0.15) is 6.54 Å². The largest absolute Gasteiger partial charge is 0.453 e. The zero-order valence-electron chi connectivity index (χ0n) is 12.4. The van der Waals surface area contributed by atoms with Crippen molar-refractivity contribution >= 4 is 21.8 Å². The van der Waals surface area contributed by atoms with E-state index in [-0.39, 0.29) is 10.7 Å². The topological polar surface area (TPSA) is 89.5 Å². The zero-order chi connectivity index (χ0) is 16.2. The third-order valence-corrected chi connectivity index (χ3v) is 4.93. The molecule has 0 aromatic heterocycles. The molecule has 1 aromatic carbocycles. The van der Waals surface area contributed by atoms with Gasteiger partial charge in [0.05, 0.1) is 4.90 Å². The molecule has 0 radical (unpaired) electrons. The number of rotatable bonds is 5. The first-order valence-corrected chi connectivity index (χ1v) is 8.65. The number of carbonyl (C=O) groups is 2. The number of hydrogen-bond acceptors (Lipinski definition) is 5. The van der Waals surface area contributed by atoms with Crippen LogP contribution in [0.5, 0.6) is 0 Å². The van der Waals surface area contributed by atoms with Crippen LogP contribution in [0.3, 0.4) is 0 Å². The molecule has 1 N–H and O–H groups in total. The Balaban J connectivity index is 1.89. The van der Waals surface area contributed by atoms with Crippen molar-refractivity contribution in [2.24, 2.45) is 0 Å². The molecule has 1 aromatic rings. The number of Topliss-reactive ketones (excluding diaryl/α,β-unsaturated/α-hetero) is 1. The van der Waals surface area contributed by atoms with Gasteiger partial charge in [0.25, 0.3) is 0 Å². The van der Waals surface area contributed by atoms with Crippen molar-refractivity contribution in [3.8, 4) is 0 Å². The highest BCUT2D eigenvalue weighted by Gasteiger charge is 2.26. The summed E-state index contributed by atoms with van der Waals surface area (Å²) in [5, 5.41) is 0. The Hall–Kier alpha value is -1.73. The van der Waals surface area contributed by atoms with Crippen molar-refractivity contribution in [2.45, 2.75) is 43.6 Å². The lowest BCUT2D eigenvalue weighted by molar-refractivity contribution is -0.155. The third-order valence-electron chi connectivity index (χ3n) is 3.51. The molecule has 7 heteroatoms. The number of esters is 1. The fraction of sp³-hybridized carbons (Fsp3) is 0.467. The predicted octanol–water partition coefficient (Wildman–Crippen LogP) is 1.33. The molecular weight excluding hydrogens is 306 g/mol. The summed E-state index contributed by atoms with van der Waals surface area (Å²) in [6, 6.07) is 6.28. The Morgan fingerprint density at radius 1 is 1.27 bits per heavy atom. The minimum absolute atomic E-state index is 0.0830. The number of nitrogens with one attached hydrogen (secondary N) is 1. The summed E-state index contributed by atoms with van der Waals surface area (Å²) in [6.07, 6.45) is 1.83. The van der Waals surface area contributed by atoms with Crippen LogP contribution in [0.1, 0.15) is 31.2 Å². The summed E-state index contributed by atoms with van der Waals surface area (Å²) in [5.74, 6) is -0.836. The van der Waals surface area contributed by atoms with Gasteiger partial charge in [0.15, 0.2) is 11.9 Å². The molecule has 1 aliphatic carbocycles. The molecule has 1 unspecified atom stereocenters. The molecule has 0 bridgehead atoms.